The van der Waals surface area contributed by atoms with Gasteiger partial charge in [-0.3, -0.25) is 14.0 Å². The first kappa shape index (κ1) is 21.5. The lowest BCUT2D eigenvalue weighted by Gasteiger charge is -2.19. The Hall–Kier alpha value is -3.75. The van der Waals surface area contributed by atoms with Gasteiger partial charge >= 0.3 is 6.03 Å². The number of urea groups is 1. The second-order valence-electron chi connectivity index (χ2n) is 8.29. The van der Waals surface area contributed by atoms with Crippen molar-refractivity contribution in [3.8, 4) is 0 Å². The summed E-state index contributed by atoms with van der Waals surface area (Å²) in [5.74, 6) is 0.439. The van der Waals surface area contributed by atoms with E-state index < -0.39 is 12.1 Å². The van der Waals surface area contributed by atoms with Crippen molar-refractivity contribution in [2.24, 2.45) is 5.92 Å². The van der Waals surface area contributed by atoms with E-state index >= 15 is 0 Å². The molecule has 0 unspecified atom stereocenters. The standard InChI is InChI=1S/C23H26N6O3/c1-15(2)14-18(21-27-26-19-10-6-7-13-28(19)21)24-20(30)12-11-17-22(31)29(23(32)25-17)16-8-4-3-5-9-16/h3-10,13,15,17-18H,11-12,14H2,1-2H3,(H,24,30)(H,25,32)/t17-,18+/m0/s1. The molecule has 3 heterocycles. The molecule has 0 spiro atoms. The molecule has 1 fully saturated rings. The van der Waals surface area contributed by atoms with E-state index in [4.69, 9.17) is 0 Å². The first-order valence-corrected chi connectivity index (χ1v) is 10.7. The summed E-state index contributed by atoms with van der Waals surface area (Å²) < 4.78 is 1.87. The number of hydrogen-bond donors (Lipinski definition) is 2. The van der Waals surface area contributed by atoms with Crippen LogP contribution in [0.5, 0.6) is 0 Å². The van der Waals surface area contributed by atoms with Crippen molar-refractivity contribution in [2.45, 2.75) is 45.2 Å². The number of carbonyl (C=O) groups is 3. The third-order valence-electron chi connectivity index (χ3n) is 5.39. The molecule has 4 rings (SSSR count). The van der Waals surface area contributed by atoms with Gasteiger partial charge in [-0.2, -0.15) is 0 Å². The highest BCUT2D eigenvalue weighted by molar-refractivity contribution is 6.21. The number of aromatic nitrogens is 3. The quantitative estimate of drug-likeness (QED) is 0.530. The number of anilines is 1. The molecule has 0 aliphatic carbocycles. The van der Waals surface area contributed by atoms with Crippen molar-refractivity contribution in [3.63, 3.8) is 0 Å². The van der Waals surface area contributed by atoms with Crippen LogP contribution in [-0.4, -0.2) is 38.5 Å². The van der Waals surface area contributed by atoms with E-state index in [1.807, 2.05) is 34.9 Å². The summed E-state index contributed by atoms with van der Waals surface area (Å²) in [6, 6.07) is 12.9. The molecular weight excluding hydrogens is 408 g/mol. The van der Waals surface area contributed by atoms with Crippen LogP contribution in [0.25, 0.3) is 5.65 Å². The minimum Gasteiger partial charge on any atom is -0.346 e. The van der Waals surface area contributed by atoms with Crippen molar-refractivity contribution in [2.75, 3.05) is 4.90 Å². The zero-order chi connectivity index (χ0) is 22.7. The van der Waals surface area contributed by atoms with E-state index in [2.05, 4.69) is 34.7 Å². The Labute approximate surface area is 185 Å². The molecule has 2 atom stereocenters. The third-order valence-corrected chi connectivity index (χ3v) is 5.39. The van der Waals surface area contributed by atoms with Crippen LogP contribution in [-0.2, 0) is 9.59 Å². The van der Waals surface area contributed by atoms with Gasteiger partial charge in [0.2, 0.25) is 5.91 Å². The summed E-state index contributed by atoms with van der Waals surface area (Å²) in [7, 11) is 0. The Morgan fingerprint density at radius 2 is 1.84 bits per heavy atom. The zero-order valence-corrected chi connectivity index (χ0v) is 18.1. The molecule has 32 heavy (non-hydrogen) atoms. The third kappa shape index (κ3) is 4.46. The van der Waals surface area contributed by atoms with Gasteiger partial charge in [-0.15, -0.1) is 10.2 Å². The number of pyridine rings is 1. The van der Waals surface area contributed by atoms with E-state index in [0.29, 0.717) is 29.5 Å². The van der Waals surface area contributed by atoms with E-state index in [9.17, 15) is 14.4 Å². The molecule has 0 saturated carbocycles. The summed E-state index contributed by atoms with van der Waals surface area (Å²) in [4.78, 5) is 38.9. The summed E-state index contributed by atoms with van der Waals surface area (Å²) in [6.07, 6.45) is 2.89. The van der Waals surface area contributed by atoms with Crippen molar-refractivity contribution in [1.82, 2.24) is 25.2 Å². The zero-order valence-electron chi connectivity index (χ0n) is 18.1. The highest BCUT2D eigenvalue weighted by Crippen LogP contribution is 2.23. The molecule has 1 saturated heterocycles. The Morgan fingerprint density at radius 1 is 1.09 bits per heavy atom. The minimum atomic E-state index is -0.731. The molecule has 9 nitrogen and oxygen atoms in total. The molecule has 0 bridgehead atoms. The van der Waals surface area contributed by atoms with Gasteiger partial charge in [0.05, 0.1) is 11.7 Å². The first-order valence-electron chi connectivity index (χ1n) is 10.7. The Morgan fingerprint density at radius 3 is 2.59 bits per heavy atom. The summed E-state index contributed by atoms with van der Waals surface area (Å²) in [6.45, 7) is 4.15. The van der Waals surface area contributed by atoms with E-state index in [1.165, 1.54) is 0 Å². The first-order chi connectivity index (χ1) is 15.4. The number of benzene rings is 1. The number of fused-ring (bicyclic) bond motifs is 1. The largest absolute Gasteiger partial charge is 0.346 e. The molecule has 2 N–H and O–H groups in total. The smallest absolute Gasteiger partial charge is 0.329 e. The molecule has 1 aliphatic heterocycles. The van der Waals surface area contributed by atoms with Gasteiger partial charge in [-0.05, 0) is 43.0 Å². The van der Waals surface area contributed by atoms with Crippen LogP contribution in [0.3, 0.4) is 0 Å². The number of para-hydroxylation sites is 1. The van der Waals surface area contributed by atoms with Crippen LogP contribution in [0.15, 0.2) is 54.7 Å². The predicted molar refractivity (Wildman–Crippen MR) is 119 cm³/mol. The van der Waals surface area contributed by atoms with Crippen LogP contribution in [0.4, 0.5) is 10.5 Å². The van der Waals surface area contributed by atoms with Gasteiger partial charge < -0.3 is 10.6 Å². The molecular formula is C23H26N6O3. The van der Waals surface area contributed by atoms with Crippen molar-refractivity contribution in [1.29, 1.82) is 0 Å². The Bertz CT molecular complexity index is 1130. The highest BCUT2D eigenvalue weighted by Gasteiger charge is 2.39. The van der Waals surface area contributed by atoms with Crippen molar-refractivity contribution in [3.05, 3.63) is 60.6 Å². The number of carbonyl (C=O) groups excluding carboxylic acids is 3. The second kappa shape index (κ2) is 9.17. The fourth-order valence-corrected chi connectivity index (χ4v) is 3.89. The van der Waals surface area contributed by atoms with Crippen LogP contribution in [0.1, 0.15) is 45.0 Å². The number of rotatable bonds is 8. The fourth-order valence-electron chi connectivity index (χ4n) is 3.89. The van der Waals surface area contributed by atoms with Gasteiger partial charge in [-0.25, -0.2) is 9.69 Å². The normalized spacial score (nSPS) is 17.1. The van der Waals surface area contributed by atoms with Gasteiger partial charge in [-0.1, -0.05) is 38.1 Å². The SMILES string of the molecule is CC(C)C[C@@H](NC(=O)CC[C@@H]1NC(=O)N(c2ccccc2)C1=O)c1nnc2ccccn12. The van der Waals surface area contributed by atoms with E-state index in [-0.39, 0.29) is 30.7 Å². The Kier molecular flexibility index (Phi) is 6.16. The number of amides is 4. The van der Waals surface area contributed by atoms with Crippen LogP contribution in [0.2, 0.25) is 0 Å². The molecule has 1 aliphatic rings. The lowest BCUT2D eigenvalue weighted by atomic mass is 10.0. The lowest BCUT2D eigenvalue weighted by molar-refractivity contribution is -0.122. The molecule has 166 valence electrons. The maximum atomic E-state index is 12.8. The molecule has 4 amide bonds. The van der Waals surface area contributed by atoms with Gasteiger partial charge in [0.15, 0.2) is 11.5 Å². The van der Waals surface area contributed by atoms with Gasteiger partial charge in [0, 0.05) is 12.6 Å². The monoisotopic (exact) mass is 434 g/mol. The number of nitrogens with one attached hydrogen (secondary N) is 2. The summed E-state index contributed by atoms with van der Waals surface area (Å²) in [5.41, 5.74) is 1.23. The van der Waals surface area contributed by atoms with Crippen molar-refractivity contribution < 1.29 is 14.4 Å². The van der Waals surface area contributed by atoms with Gasteiger partial charge in [0.25, 0.3) is 5.91 Å². The van der Waals surface area contributed by atoms with Crippen LogP contribution in [0, 0.1) is 5.92 Å². The maximum Gasteiger partial charge on any atom is 0.329 e. The second-order valence-corrected chi connectivity index (χ2v) is 8.29. The molecule has 1 aromatic carbocycles. The van der Waals surface area contributed by atoms with E-state index in [0.717, 1.165) is 4.90 Å². The minimum absolute atomic E-state index is 0.102. The molecule has 9 heteroatoms. The van der Waals surface area contributed by atoms with Crippen LogP contribution < -0.4 is 15.5 Å². The average Bonchev–Trinajstić information content (AvgIpc) is 3.32. The lowest BCUT2D eigenvalue weighted by Crippen LogP contribution is -2.34. The number of nitrogens with zero attached hydrogens (tertiary/aromatic N) is 4. The average molecular weight is 435 g/mol. The molecule has 0 radical (unpaired) electrons. The number of imide groups is 1. The van der Waals surface area contributed by atoms with Crippen molar-refractivity contribution >= 4 is 29.2 Å². The topological polar surface area (TPSA) is 109 Å². The molecule has 2 aromatic heterocycles. The number of hydrogen-bond acceptors (Lipinski definition) is 5. The fraction of sp³-hybridized carbons (Fsp3) is 0.348. The van der Waals surface area contributed by atoms with Crippen LogP contribution >= 0.6 is 0 Å². The van der Waals surface area contributed by atoms with Gasteiger partial charge in [0.1, 0.15) is 6.04 Å². The highest BCUT2D eigenvalue weighted by atomic mass is 16.2. The predicted octanol–water partition coefficient (Wildman–Crippen LogP) is 2.84. The Balaban J connectivity index is 1.41. The summed E-state index contributed by atoms with van der Waals surface area (Å²) in [5, 5.41) is 14.2. The maximum absolute atomic E-state index is 12.8. The van der Waals surface area contributed by atoms with E-state index in [1.54, 1.807) is 24.3 Å². The summed E-state index contributed by atoms with van der Waals surface area (Å²) >= 11 is 0. The molecule has 3 aromatic rings.